The van der Waals surface area contributed by atoms with Gasteiger partial charge in [0.25, 0.3) is 0 Å². The first-order valence-electron chi connectivity index (χ1n) is 6.85. The van der Waals surface area contributed by atoms with Crippen molar-refractivity contribution in [1.29, 1.82) is 0 Å². The van der Waals surface area contributed by atoms with Crippen molar-refractivity contribution in [2.24, 2.45) is 0 Å². The maximum Gasteiger partial charge on any atom is 0.247 e. The van der Waals surface area contributed by atoms with Gasteiger partial charge in [-0.15, -0.1) is 22.7 Å². The molecule has 0 unspecified atom stereocenters. The summed E-state index contributed by atoms with van der Waals surface area (Å²) in [5.41, 5.74) is 0.995. The quantitative estimate of drug-likeness (QED) is 0.617. The molecule has 3 nitrogen and oxygen atoms in total. The summed E-state index contributed by atoms with van der Waals surface area (Å²) in [5.74, 6) is 0.00278. The molecule has 3 aromatic heterocycles. The molecule has 0 aliphatic heterocycles. The Hall–Kier alpha value is -2.11. The molecule has 0 fully saturated rings. The Labute approximate surface area is 137 Å². The summed E-state index contributed by atoms with van der Waals surface area (Å²) in [4.78, 5) is 16.6. The van der Waals surface area contributed by atoms with Crippen molar-refractivity contribution < 1.29 is 9.21 Å². The minimum Gasteiger partial charge on any atom is -0.472 e. The lowest BCUT2D eigenvalue weighted by molar-refractivity contribution is -0.127. The first kappa shape index (κ1) is 14.8. The molecule has 5 heteroatoms. The average Bonchev–Trinajstić information content (AvgIpc) is 3.27. The third-order valence-corrected chi connectivity index (χ3v) is 4.82. The van der Waals surface area contributed by atoms with E-state index in [1.54, 1.807) is 41.3 Å². The van der Waals surface area contributed by atoms with E-state index in [-0.39, 0.29) is 5.91 Å². The maximum atomic E-state index is 12.5. The van der Waals surface area contributed by atoms with Crippen molar-refractivity contribution in [1.82, 2.24) is 4.90 Å². The highest BCUT2D eigenvalue weighted by atomic mass is 32.1. The Bertz CT molecular complexity index is 677. The smallest absolute Gasteiger partial charge is 0.247 e. The van der Waals surface area contributed by atoms with Crippen molar-refractivity contribution in [3.8, 4) is 0 Å². The van der Waals surface area contributed by atoms with Crippen molar-refractivity contribution >= 4 is 34.7 Å². The van der Waals surface area contributed by atoms with E-state index in [2.05, 4.69) is 0 Å². The summed E-state index contributed by atoms with van der Waals surface area (Å²) in [6.07, 6.45) is 6.81. The van der Waals surface area contributed by atoms with Crippen molar-refractivity contribution in [2.45, 2.75) is 13.1 Å². The minimum absolute atomic E-state index is 0.00278. The third kappa shape index (κ3) is 3.96. The number of nitrogens with zero attached hydrogens (tertiary/aromatic N) is 1. The van der Waals surface area contributed by atoms with Crippen molar-refractivity contribution in [3.05, 3.63) is 75.0 Å². The molecular weight excluding hydrogens is 314 g/mol. The second-order valence-electron chi connectivity index (χ2n) is 4.75. The Kier molecular flexibility index (Phi) is 4.88. The van der Waals surface area contributed by atoms with Crippen LogP contribution < -0.4 is 0 Å². The molecule has 3 heterocycles. The van der Waals surface area contributed by atoms with E-state index in [4.69, 9.17) is 4.42 Å². The van der Waals surface area contributed by atoms with Gasteiger partial charge in [0.2, 0.25) is 5.91 Å². The first-order valence-corrected chi connectivity index (χ1v) is 8.61. The predicted octanol–water partition coefficient (Wildman–Crippen LogP) is 4.64. The van der Waals surface area contributed by atoms with Crippen LogP contribution in [-0.2, 0) is 17.9 Å². The molecule has 22 heavy (non-hydrogen) atoms. The number of hydrogen-bond acceptors (Lipinski definition) is 4. The van der Waals surface area contributed by atoms with Gasteiger partial charge in [0.1, 0.15) is 0 Å². The molecule has 0 aromatic carbocycles. The van der Waals surface area contributed by atoms with Crippen LogP contribution >= 0.6 is 22.7 Å². The van der Waals surface area contributed by atoms with Crippen LogP contribution in [0.2, 0.25) is 0 Å². The van der Waals surface area contributed by atoms with Crippen molar-refractivity contribution in [2.75, 3.05) is 0 Å². The molecule has 0 aliphatic rings. The molecular formula is C17H15NO2S2. The molecule has 0 atom stereocenters. The standard InChI is InChI=1S/C17H15NO2S2/c19-17(6-5-15-3-1-9-21-15)18(11-14-7-8-20-13-14)12-16-4-2-10-22-16/h1-10,13H,11-12H2/b6-5+. The molecule has 0 aliphatic carbocycles. The summed E-state index contributed by atoms with van der Waals surface area (Å²) in [6, 6.07) is 9.90. The maximum absolute atomic E-state index is 12.5. The van der Waals surface area contributed by atoms with Gasteiger partial charge in [0, 0.05) is 27.9 Å². The first-order chi connectivity index (χ1) is 10.8. The van der Waals surface area contributed by atoms with E-state index >= 15 is 0 Å². The minimum atomic E-state index is 0.00278. The molecule has 0 bridgehead atoms. The largest absolute Gasteiger partial charge is 0.472 e. The number of thiophene rings is 2. The summed E-state index contributed by atoms with van der Waals surface area (Å²) in [7, 11) is 0. The van der Waals surface area contributed by atoms with Gasteiger partial charge in [-0.1, -0.05) is 12.1 Å². The van der Waals surface area contributed by atoms with Gasteiger partial charge in [0.15, 0.2) is 0 Å². The second-order valence-corrected chi connectivity index (χ2v) is 6.77. The second kappa shape index (κ2) is 7.24. The van der Waals surface area contributed by atoms with Crippen molar-refractivity contribution in [3.63, 3.8) is 0 Å². The molecule has 0 saturated carbocycles. The molecule has 3 rings (SSSR count). The highest BCUT2D eigenvalue weighted by Crippen LogP contribution is 2.16. The SMILES string of the molecule is O=C(/C=C/c1cccs1)N(Cc1ccoc1)Cc1cccs1. The molecule has 3 aromatic rings. The zero-order chi connectivity index (χ0) is 15.2. The Morgan fingerprint density at radius 3 is 2.68 bits per heavy atom. The number of rotatable bonds is 6. The Balaban J connectivity index is 1.73. The van der Waals surface area contributed by atoms with Gasteiger partial charge in [-0.2, -0.15) is 0 Å². The van der Waals surface area contributed by atoms with E-state index in [9.17, 15) is 4.79 Å². The van der Waals surface area contributed by atoms with Gasteiger partial charge in [0.05, 0.1) is 19.1 Å². The predicted molar refractivity (Wildman–Crippen MR) is 90.6 cm³/mol. The van der Waals surface area contributed by atoms with E-state index in [0.717, 1.165) is 10.4 Å². The fourth-order valence-corrected chi connectivity index (χ4v) is 3.39. The van der Waals surface area contributed by atoms with Crippen LogP contribution in [-0.4, -0.2) is 10.8 Å². The fraction of sp³-hybridized carbons (Fsp3) is 0.118. The van der Waals surface area contributed by atoms with Gasteiger partial charge in [-0.25, -0.2) is 0 Å². The molecule has 1 amide bonds. The van der Waals surface area contributed by atoms with Gasteiger partial charge in [-0.3, -0.25) is 4.79 Å². The molecule has 0 saturated heterocycles. The summed E-state index contributed by atoms with van der Waals surface area (Å²) < 4.78 is 5.10. The number of carbonyl (C=O) groups is 1. The van der Waals surface area contributed by atoms with Crippen LogP contribution in [0.1, 0.15) is 15.3 Å². The lowest BCUT2D eigenvalue weighted by Gasteiger charge is -2.19. The lowest BCUT2D eigenvalue weighted by Crippen LogP contribution is -2.27. The molecule has 0 spiro atoms. The molecule has 112 valence electrons. The van der Waals surface area contributed by atoms with Crippen LogP contribution in [0.25, 0.3) is 6.08 Å². The third-order valence-electron chi connectivity index (χ3n) is 3.13. The topological polar surface area (TPSA) is 33.5 Å². The fourth-order valence-electron chi connectivity index (χ4n) is 2.05. The van der Waals surface area contributed by atoms with E-state index in [1.165, 1.54) is 4.88 Å². The van der Waals surface area contributed by atoms with E-state index in [1.807, 2.05) is 52.1 Å². The molecule has 0 radical (unpaired) electrons. The monoisotopic (exact) mass is 329 g/mol. The lowest BCUT2D eigenvalue weighted by atomic mass is 10.2. The highest BCUT2D eigenvalue weighted by Gasteiger charge is 2.13. The Morgan fingerprint density at radius 1 is 1.14 bits per heavy atom. The van der Waals surface area contributed by atoms with Crippen LogP contribution in [0.5, 0.6) is 0 Å². The van der Waals surface area contributed by atoms with Crippen LogP contribution in [0.4, 0.5) is 0 Å². The Morgan fingerprint density at radius 2 is 2.00 bits per heavy atom. The van der Waals surface area contributed by atoms with E-state index in [0.29, 0.717) is 13.1 Å². The van der Waals surface area contributed by atoms with Crippen LogP contribution in [0.3, 0.4) is 0 Å². The highest BCUT2D eigenvalue weighted by molar-refractivity contribution is 7.10. The van der Waals surface area contributed by atoms with Gasteiger partial charge >= 0.3 is 0 Å². The summed E-state index contributed by atoms with van der Waals surface area (Å²) in [6.45, 7) is 1.15. The zero-order valence-electron chi connectivity index (χ0n) is 11.8. The van der Waals surface area contributed by atoms with E-state index < -0.39 is 0 Å². The summed E-state index contributed by atoms with van der Waals surface area (Å²) >= 11 is 3.27. The van der Waals surface area contributed by atoms with Gasteiger partial charge in [-0.05, 0) is 35.0 Å². The summed E-state index contributed by atoms with van der Waals surface area (Å²) in [5, 5.41) is 4.02. The zero-order valence-corrected chi connectivity index (χ0v) is 13.5. The van der Waals surface area contributed by atoms with Crippen LogP contribution in [0, 0.1) is 0 Å². The van der Waals surface area contributed by atoms with Gasteiger partial charge < -0.3 is 9.32 Å². The molecule has 0 N–H and O–H groups in total. The number of amides is 1. The van der Waals surface area contributed by atoms with Crippen LogP contribution in [0.15, 0.2) is 64.1 Å². The normalized spacial score (nSPS) is 11.1. The average molecular weight is 329 g/mol. The number of hydrogen-bond donors (Lipinski definition) is 0. The number of furan rings is 1. The number of carbonyl (C=O) groups excluding carboxylic acids is 1.